The van der Waals surface area contributed by atoms with Gasteiger partial charge in [-0.25, -0.2) is 9.97 Å². The summed E-state index contributed by atoms with van der Waals surface area (Å²) in [5.41, 5.74) is 15.2. The summed E-state index contributed by atoms with van der Waals surface area (Å²) in [5, 5.41) is 2.40. The maximum atomic E-state index is 5.08. The van der Waals surface area contributed by atoms with Gasteiger partial charge in [-0.1, -0.05) is 188 Å². The van der Waals surface area contributed by atoms with Crippen molar-refractivity contribution in [3.63, 3.8) is 0 Å². The quantitative estimate of drug-likeness (QED) is 0.147. The highest BCUT2D eigenvalue weighted by Gasteiger charge is 2.15. The van der Waals surface area contributed by atoms with Crippen LogP contribution in [0.5, 0.6) is 0 Å². The van der Waals surface area contributed by atoms with Gasteiger partial charge in [0.1, 0.15) is 0 Å². The third-order valence-electron chi connectivity index (χ3n) is 10.9. The van der Waals surface area contributed by atoms with Crippen LogP contribution in [0.1, 0.15) is 0 Å². The Balaban J connectivity index is 0.968. The summed E-state index contributed by atoms with van der Waals surface area (Å²) in [5.74, 6) is 0.708. The Hall–Kier alpha value is -7.88. The van der Waals surface area contributed by atoms with Crippen LogP contribution in [0.25, 0.3) is 78.1 Å². The van der Waals surface area contributed by atoms with E-state index >= 15 is 0 Å². The van der Waals surface area contributed by atoms with Crippen molar-refractivity contribution in [2.75, 3.05) is 4.90 Å². The molecular formula is C56H39N3. The maximum absolute atomic E-state index is 5.08. The predicted molar refractivity (Wildman–Crippen MR) is 247 cm³/mol. The molecule has 0 spiro atoms. The Bertz CT molecular complexity index is 2900. The van der Waals surface area contributed by atoms with E-state index in [0.717, 1.165) is 56.3 Å². The normalized spacial score (nSPS) is 11.1. The minimum absolute atomic E-state index is 0.708. The molecule has 0 radical (unpaired) electrons. The molecule has 0 bridgehead atoms. The Morgan fingerprint density at radius 1 is 0.237 bits per heavy atom. The van der Waals surface area contributed by atoms with Crippen molar-refractivity contribution in [1.82, 2.24) is 9.97 Å². The van der Waals surface area contributed by atoms with Crippen molar-refractivity contribution in [2.45, 2.75) is 0 Å². The first-order valence-electron chi connectivity index (χ1n) is 20.0. The van der Waals surface area contributed by atoms with Gasteiger partial charge in [0.25, 0.3) is 0 Å². The van der Waals surface area contributed by atoms with Crippen LogP contribution in [0.15, 0.2) is 237 Å². The van der Waals surface area contributed by atoms with E-state index in [-0.39, 0.29) is 0 Å². The second-order valence-electron chi connectivity index (χ2n) is 14.7. The zero-order valence-corrected chi connectivity index (χ0v) is 32.4. The first kappa shape index (κ1) is 35.5. The molecule has 0 N–H and O–H groups in total. The number of hydrogen-bond donors (Lipinski definition) is 0. The van der Waals surface area contributed by atoms with E-state index < -0.39 is 0 Å². The van der Waals surface area contributed by atoms with E-state index in [9.17, 15) is 0 Å². The summed E-state index contributed by atoms with van der Waals surface area (Å²) in [6.45, 7) is 0. The predicted octanol–water partition coefficient (Wildman–Crippen LogP) is 15.1. The molecule has 0 amide bonds. The minimum Gasteiger partial charge on any atom is -0.311 e. The molecule has 1 aromatic heterocycles. The van der Waals surface area contributed by atoms with E-state index in [1.54, 1.807) is 0 Å². The highest BCUT2D eigenvalue weighted by atomic mass is 15.1. The van der Waals surface area contributed by atoms with Gasteiger partial charge in [0.05, 0.1) is 11.4 Å². The first-order chi connectivity index (χ1) is 29.2. The Morgan fingerprint density at radius 3 is 1.05 bits per heavy atom. The van der Waals surface area contributed by atoms with Crippen molar-refractivity contribution in [1.29, 1.82) is 0 Å². The summed E-state index contributed by atoms with van der Waals surface area (Å²) in [6, 6.07) is 83.6. The molecular weight excluding hydrogens is 715 g/mol. The fourth-order valence-electron chi connectivity index (χ4n) is 7.76. The number of hydrogen-bond acceptors (Lipinski definition) is 3. The lowest BCUT2D eigenvalue weighted by atomic mass is 10.00. The van der Waals surface area contributed by atoms with Crippen LogP contribution < -0.4 is 4.90 Å². The van der Waals surface area contributed by atoms with Crippen LogP contribution in [0, 0.1) is 0 Å². The van der Waals surface area contributed by atoms with Gasteiger partial charge in [-0.3, -0.25) is 0 Å². The summed E-state index contributed by atoms with van der Waals surface area (Å²) < 4.78 is 0. The van der Waals surface area contributed by atoms with Crippen LogP contribution in [0.3, 0.4) is 0 Å². The fraction of sp³-hybridized carbons (Fsp3) is 0. The number of rotatable bonds is 9. The second kappa shape index (κ2) is 15.9. The van der Waals surface area contributed by atoms with E-state index in [0.29, 0.717) is 5.82 Å². The molecule has 0 saturated heterocycles. The van der Waals surface area contributed by atoms with Gasteiger partial charge < -0.3 is 4.90 Å². The summed E-state index contributed by atoms with van der Waals surface area (Å²) in [4.78, 5) is 12.5. The standard InChI is InChI=1S/C56H39N3/c1-4-12-40(13-5-1)44-26-32-51(33-27-44)59(52-34-28-45(29-35-52)41-14-6-2-7-15-41)53-36-30-46(31-37-53)43-20-23-47(24-21-43)54-39-55(58-56(57-54)48-17-8-3-9-18-48)50-25-22-42-16-10-11-19-49(42)38-50/h1-39H. The molecule has 0 unspecified atom stereocenters. The molecule has 10 aromatic rings. The van der Waals surface area contributed by atoms with Gasteiger partial charge in [-0.2, -0.15) is 0 Å². The number of fused-ring (bicyclic) bond motifs is 1. The van der Waals surface area contributed by atoms with Crippen LogP contribution in [-0.4, -0.2) is 9.97 Å². The Kier molecular flexibility index (Phi) is 9.59. The zero-order chi connectivity index (χ0) is 39.4. The van der Waals surface area contributed by atoms with Gasteiger partial charge in [0.15, 0.2) is 5.82 Å². The van der Waals surface area contributed by atoms with Gasteiger partial charge in [-0.05, 0) is 92.7 Å². The van der Waals surface area contributed by atoms with Crippen molar-refractivity contribution in [2.24, 2.45) is 0 Å². The zero-order valence-electron chi connectivity index (χ0n) is 32.4. The molecule has 0 aliphatic carbocycles. The van der Waals surface area contributed by atoms with Crippen LogP contribution in [0.2, 0.25) is 0 Å². The molecule has 9 aromatic carbocycles. The largest absolute Gasteiger partial charge is 0.311 e. The van der Waals surface area contributed by atoms with E-state index in [2.05, 4.69) is 223 Å². The lowest BCUT2D eigenvalue weighted by Gasteiger charge is -2.26. The van der Waals surface area contributed by atoms with Crippen LogP contribution in [-0.2, 0) is 0 Å². The molecule has 3 heteroatoms. The average Bonchev–Trinajstić information content (AvgIpc) is 3.33. The summed E-state index contributed by atoms with van der Waals surface area (Å²) in [7, 11) is 0. The molecule has 0 atom stereocenters. The lowest BCUT2D eigenvalue weighted by molar-refractivity contribution is 1.18. The number of nitrogens with zero attached hydrogens (tertiary/aromatic N) is 3. The summed E-state index contributed by atoms with van der Waals surface area (Å²) in [6.07, 6.45) is 0. The first-order valence-corrected chi connectivity index (χ1v) is 20.0. The molecule has 1 heterocycles. The maximum Gasteiger partial charge on any atom is 0.160 e. The van der Waals surface area contributed by atoms with Gasteiger partial charge in [0, 0.05) is 33.8 Å². The van der Waals surface area contributed by atoms with E-state index in [4.69, 9.17) is 9.97 Å². The van der Waals surface area contributed by atoms with Crippen molar-refractivity contribution in [3.05, 3.63) is 237 Å². The van der Waals surface area contributed by atoms with Crippen molar-refractivity contribution < 1.29 is 0 Å². The highest BCUT2D eigenvalue weighted by molar-refractivity contribution is 5.88. The topological polar surface area (TPSA) is 29.0 Å². The number of benzene rings is 9. The number of anilines is 3. The van der Waals surface area contributed by atoms with Crippen LogP contribution in [0.4, 0.5) is 17.1 Å². The monoisotopic (exact) mass is 753 g/mol. The smallest absolute Gasteiger partial charge is 0.160 e. The van der Waals surface area contributed by atoms with E-state index in [1.165, 1.54) is 33.0 Å². The minimum atomic E-state index is 0.708. The van der Waals surface area contributed by atoms with E-state index in [1.807, 2.05) is 18.2 Å². The van der Waals surface area contributed by atoms with Crippen LogP contribution >= 0.6 is 0 Å². The fourth-order valence-corrected chi connectivity index (χ4v) is 7.76. The molecule has 0 saturated carbocycles. The van der Waals surface area contributed by atoms with Gasteiger partial charge in [-0.15, -0.1) is 0 Å². The van der Waals surface area contributed by atoms with Gasteiger partial charge in [0.2, 0.25) is 0 Å². The lowest BCUT2D eigenvalue weighted by Crippen LogP contribution is -2.09. The average molecular weight is 754 g/mol. The Morgan fingerprint density at radius 2 is 0.576 bits per heavy atom. The molecule has 0 fully saturated rings. The second-order valence-corrected chi connectivity index (χ2v) is 14.7. The SMILES string of the molecule is c1ccc(-c2ccc(N(c3ccc(-c4ccccc4)cc3)c3ccc(-c4ccc(-c5cc(-c6ccc7ccccc7c6)nc(-c6ccccc6)n5)cc4)cc3)cc2)cc1. The van der Waals surface area contributed by atoms with Gasteiger partial charge >= 0.3 is 0 Å². The van der Waals surface area contributed by atoms with Crippen molar-refractivity contribution >= 4 is 27.8 Å². The third-order valence-corrected chi connectivity index (χ3v) is 10.9. The molecule has 59 heavy (non-hydrogen) atoms. The Labute approximate surface area is 345 Å². The van der Waals surface area contributed by atoms with Crippen molar-refractivity contribution in [3.8, 4) is 67.3 Å². The molecule has 3 nitrogen and oxygen atoms in total. The third kappa shape index (κ3) is 7.53. The summed E-state index contributed by atoms with van der Waals surface area (Å²) >= 11 is 0. The highest BCUT2D eigenvalue weighted by Crippen LogP contribution is 2.38. The molecule has 0 aliphatic heterocycles. The molecule has 0 aliphatic rings. The molecule has 10 rings (SSSR count). The molecule has 278 valence electrons. The number of aromatic nitrogens is 2.